The van der Waals surface area contributed by atoms with E-state index < -0.39 is 0 Å². The van der Waals surface area contributed by atoms with Crippen LogP contribution >= 0.6 is 0 Å². The van der Waals surface area contributed by atoms with Gasteiger partial charge in [-0.1, -0.05) is 30.3 Å². The molecule has 0 radical (unpaired) electrons. The van der Waals surface area contributed by atoms with E-state index in [2.05, 4.69) is 27.6 Å². The molecule has 0 spiro atoms. The first-order chi connectivity index (χ1) is 10.7. The standard InChI is InChI=1S/C17H18N4O/c1-13-19-20-17-15(10-6-12-21(13)17)18-16(22)11-5-9-14-7-3-2-4-8-14/h2-4,6-8,10,12H,5,9,11H2,1H3,(H,18,22). The molecule has 2 aromatic heterocycles. The molecule has 5 heteroatoms. The van der Waals surface area contributed by atoms with Gasteiger partial charge in [-0.2, -0.15) is 0 Å². The summed E-state index contributed by atoms with van der Waals surface area (Å²) in [5, 5.41) is 11.0. The lowest BCUT2D eigenvalue weighted by molar-refractivity contribution is -0.116. The van der Waals surface area contributed by atoms with Crippen LogP contribution < -0.4 is 5.32 Å². The summed E-state index contributed by atoms with van der Waals surface area (Å²) in [6.07, 6.45) is 4.10. The van der Waals surface area contributed by atoms with E-state index in [-0.39, 0.29) is 5.91 Å². The molecule has 0 aliphatic heterocycles. The van der Waals surface area contributed by atoms with E-state index >= 15 is 0 Å². The van der Waals surface area contributed by atoms with Crippen molar-refractivity contribution in [1.82, 2.24) is 14.6 Å². The number of aryl methyl sites for hydroxylation is 2. The second kappa shape index (κ2) is 6.39. The molecule has 0 unspecified atom stereocenters. The van der Waals surface area contributed by atoms with Gasteiger partial charge in [0.1, 0.15) is 5.82 Å². The van der Waals surface area contributed by atoms with Crippen molar-refractivity contribution in [1.29, 1.82) is 0 Å². The van der Waals surface area contributed by atoms with Gasteiger partial charge in [-0.3, -0.25) is 9.20 Å². The van der Waals surface area contributed by atoms with Crippen LogP contribution in [0.2, 0.25) is 0 Å². The summed E-state index contributed by atoms with van der Waals surface area (Å²) in [5.41, 5.74) is 2.63. The highest BCUT2D eigenvalue weighted by atomic mass is 16.1. The zero-order valence-electron chi connectivity index (χ0n) is 12.5. The van der Waals surface area contributed by atoms with Crippen LogP contribution in [-0.4, -0.2) is 20.5 Å². The third-order valence-corrected chi connectivity index (χ3v) is 3.59. The van der Waals surface area contributed by atoms with Crippen LogP contribution in [0.1, 0.15) is 24.2 Å². The molecule has 1 N–H and O–H groups in total. The van der Waals surface area contributed by atoms with Gasteiger partial charge in [0, 0.05) is 12.6 Å². The van der Waals surface area contributed by atoms with Gasteiger partial charge in [-0.05, 0) is 37.5 Å². The van der Waals surface area contributed by atoms with Crippen LogP contribution in [-0.2, 0) is 11.2 Å². The van der Waals surface area contributed by atoms with Gasteiger partial charge < -0.3 is 5.32 Å². The minimum absolute atomic E-state index is 0.00434. The lowest BCUT2D eigenvalue weighted by Crippen LogP contribution is -2.12. The highest BCUT2D eigenvalue weighted by Gasteiger charge is 2.09. The van der Waals surface area contributed by atoms with Gasteiger partial charge in [-0.15, -0.1) is 10.2 Å². The van der Waals surface area contributed by atoms with E-state index in [0.29, 0.717) is 17.8 Å². The van der Waals surface area contributed by atoms with Crippen molar-refractivity contribution in [3.8, 4) is 0 Å². The molecule has 0 aliphatic rings. The van der Waals surface area contributed by atoms with Gasteiger partial charge in [0.2, 0.25) is 5.91 Å². The van der Waals surface area contributed by atoms with Crippen LogP contribution in [0.4, 0.5) is 5.69 Å². The van der Waals surface area contributed by atoms with Crippen molar-refractivity contribution in [2.45, 2.75) is 26.2 Å². The SMILES string of the molecule is Cc1nnc2c(NC(=O)CCCc3ccccc3)cccn12. The normalized spacial score (nSPS) is 10.8. The smallest absolute Gasteiger partial charge is 0.224 e. The third-order valence-electron chi connectivity index (χ3n) is 3.59. The molecule has 0 saturated heterocycles. The van der Waals surface area contributed by atoms with Crippen molar-refractivity contribution in [2.75, 3.05) is 5.32 Å². The average molecular weight is 294 g/mol. The summed E-state index contributed by atoms with van der Waals surface area (Å²) in [5.74, 6) is 0.805. The second-order valence-electron chi connectivity index (χ2n) is 5.25. The van der Waals surface area contributed by atoms with Crippen molar-refractivity contribution >= 4 is 17.2 Å². The number of nitrogens with one attached hydrogen (secondary N) is 1. The Labute approximate surface area is 129 Å². The molecule has 112 valence electrons. The number of pyridine rings is 1. The van der Waals surface area contributed by atoms with Crippen LogP contribution in [0.3, 0.4) is 0 Å². The molecular formula is C17H18N4O. The first-order valence-corrected chi connectivity index (χ1v) is 7.38. The van der Waals surface area contributed by atoms with E-state index in [1.807, 2.05) is 47.9 Å². The Morgan fingerprint density at radius 3 is 2.77 bits per heavy atom. The van der Waals surface area contributed by atoms with E-state index in [1.165, 1.54) is 5.56 Å². The van der Waals surface area contributed by atoms with Crippen molar-refractivity contribution in [3.63, 3.8) is 0 Å². The highest BCUT2D eigenvalue weighted by molar-refractivity contribution is 5.94. The molecule has 3 rings (SSSR count). The maximum atomic E-state index is 12.1. The van der Waals surface area contributed by atoms with Gasteiger partial charge in [-0.25, -0.2) is 0 Å². The summed E-state index contributed by atoms with van der Waals surface area (Å²) in [7, 11) is 0. The van der Waals surface area contributed by atoms with E-state index in [0.717, 1.165) is 18.7 Å². The number of hydrogen-bond donors (Lipinski definition) is 1. The molecule has 22 heavy (non-hydrogen) atoms. The summed E-state index contributed by atoms with van der Waals surface area (Å²) < 4.78 is 1.86. The fourth-order valence-corrected chi connectivity index (χ4v) is 2.44. The Balaban J connectivity index is 1.59. The van der Waals surface area contributed by atoms with Crippen LogP contribution in [0.15, 0.2) is 48.7 Å². The van der Waals surface area contributed by atoms with Gasteiger partial charge in [0.25, 0.3) is 0 Å². The Morgan fingerprint density at radius 1 is 1.14 bits per heavy atom. The quantitative estimate of drug-likeness (QED) is 0.787. The fourth-order valence-electron chi connectivity index (χ4n) is 2.44. The van der Waals surface area contributed by atoms with E-state index in [9.17, 15) is 4.79 Å². The first kappa shape index (κ1) is 14.3. The van der Waals surface area contributed by atoms with Crippen LogP contribution in [0, 0.1) is 6.92 Å². The molecule has 0 saturated carbocycles. The number of carbonyl (C=O) groups excluding carboxylic acids is 1. The summed E-state index contributed by atoms with van der Waals surface area (Å²) in [6, 6.07) is 13.9. The third kappa shape index (κ3) is 3.14. The molecule has 1 amide bonds. The largest absolute Gasteiger partial charge is 0.323 e. The van der Waals surface area contributed by atoms with Gasteiger partial charge >= 0.3 is 0 Å². The maximum absolute atomic E-state index is 12.1. The number of amides is 1. The van der Waals surface area contributed by atoms with Crippen molar-refractivity contribution < 1.29 is 4.79 Å². The number of fused-ring (bicyclic) bond motifs is 1. The minimum atomic E-state index is 0.00434. The molecule has 1 aromatic carbocycles. The summed E-state index contributed by atoms with van der Waals surface area (Å²) >= 11 is 0. The van der Waals surface area contributed by atoms with Gasteiger partial charge in [0.05, 0.1) is 5.69 Å². The number of anilines is 1. The zero-order valence-corrected chi connectivity index (χ0v) is 12.5. The lowest BCUT2D eigenvalue weighted by atomic mass is 10.1. The number of aromatic nitrogens is 3. The van der Waals surface area contributed by atoms with Crippen LogP contribution in [0.25, 0.3) is 5.65 Å². The van der Waals surface area contributed by atoms with E-state index in [4.69, 9.17) is 0 Å². The van der Waals surface area contributed by atoms with E-state index in [1.54, 1.807) is 0 Å². The molecule has 3 aromatic rings. The molecular weight excluding hydrogens is 276 g/mol. The summed E-state index contributed by atoms with van der Waals surface area (Å²) in [6.45, 7) is 1.88. The number of hydrogen-bond acceptors (Lipinski definition) is 3. The first-order valence-electron chi connectivity index (χ1n) is 7.38. The molecule has 2 heterocycles. The van der Waals surface area contributed by atoms with Crippen LogP contribution in [0.5, 0.6) is 0 Å². The highest BCUT2D eigenvalue weighted by Crippen LogP contribution is 2.16. The maximum Gasteiger partial charge on any atom is 0.224 e. The fraction of sp³-hybridized carbons (Fsp3) is 0.235. The Hall–Kier alpha value is -2.69. The predicted octanol–water partition coefficient (Wildman–Crippen LogP) is 3.00. The minimum Gasteiger partial charge on any atom is -0.323 e. The lowest BCUT2D eigenvalue weighted by Gasteiger charge is -2.06. The number of benzene rings is 1. The Morgan fingerprint density at radius 2 is 1.95 bits per heavy atom. The Bertz CT molecular complexity index is 780. The number of nitrogens with zero attached hydrogens (tertiary/aromatic N) is 3. The predicted molar refractivity (Wildman–Crippen MR) is 85.7 cm³/mol. The molecule has 0 atom stereocenters. The second-order valence-corrected chi connectivity index (χ2v) is 5.25. The zero-order chi connectivity index (χ0) is 15.4. The average Bonchev–Trinajstić information content (AvgIpc) is 2.91. The van der Waals surface area contributed by atoms with Crippen molar-refractivity contribution in [3.05, 3.63) is 60.0 Å². The van der Waals surface area contributed by atoms with Gasteiger partial charge in [0.15, 0.2) is 5.65 Å². The Kier molecular flexibility index (Phi) is 4.14. The molecule has 5 nitrogen and oxygen atoms in total. The molecule has 0 fully saturated rings. The van der Waals surface area contributed by atoms with Crippen molar-refractivity contribution in [2.24, 2.45) is 0 Å². The number of rotatable bonds is 5. The number of carbonyl (C=O) groups is 1. The molecule has 0 bridgehead atoms. The monoisotopic (exact) mass is 294 g/mol. The topological polar surface area (TPSA) is 59.3 Å². The summed E-state index contributed by atoms with van der Waals surface area (Å²) in [4.78, 5) is 12.1. The molecule has 0 aliphatic carbocycles.